The van der Waals surface area contributed by atoms with Crippen LogP contribution in [0.3, 0.4) is 0 Å². The summed E-state index contributed by atoms with van der Waals surface area (Å²) in [6.07, 6.45) is 9.26. The molecule has 0 aliphatic rings. The molecular formula is C60H99BO12. The predicted octanol–water partition coefficient (Wildman–Crippen LogP) is 16.5. The third kappa shape index (κ3) is 20.5. The molecule has 0 radical (unpaired) electrons. The molecule has 0 aliphatic heterocycles. The normalized spacial score (nSPS) is 11.8. The molecule has 3 aromatic rings. The highest BCUT2D eigenvalue weighted by Crippen LogP contribution is 2.52. The van der Waals surface area contributed by atoms with Gasteiger partial charge < -0.3 is 56.6 Å². The van der Waals surface area contributed by atoms with Gasteiger partial charge in [0.2, 0.25) is 17.2 Å². The molecule has 13 heteroatoms. The first-order valence-electron chi connectivity index (χ1n) is 28.1. The van der Waals surface area contributed by atoms with Gasteiger partial charge in [0.25, 0.3) is 0 Å². The van der Waals surface area contributed by atoms with Gasteiger partial charge in [0.15, 0.2) is 34.5 Å². The molecular weight excluding hydrogens is 923 g/mol. The van der Waals surface area contributed by atoms with Crippen LogP contribution in [-0.2, 0) is 19.3 Å². The van der Waals surface area contributed by atoms with Gasteiger partial charge >= 0.3 is 7.32 Å². The Morgan fingerprint density at radius 3 is 0.671 bits per heavy atom. The molecule has 0 unspecified atom stereocenters. The molecule has 0 saturated heterocycles. The van der Waals surface area contributed by atoms with Crippen LogP contribution in [0.4, 0.5) is 0 Å². The van der Waals surface area contributed by atoms with Crippen LogP contribution in [0.5, 0.6) is 69.0 Å². The molecule has 0 fully saturated rings. The first-order valence-corrected chi connectivity index (χ1v) is 28.1. The quantitative estimate of drug-likeness (QED) is 0.0408. The Labute approximate surface area is 443 Å². The van der Waals surface area contributed by atoms with E-state index in [0.717, 1.165) is 74.5 Å². The van der Waals surface area contributed by atoms with Gasteiger partial charge in [-0.1, -0.05) is 59.3 Å². The molecule has 73 heavy (non-hydrogen) atoms. The van der Waals surface area contributed by atoms with E-state index >= 15 is 0 Å². The van der Waals surface area contributed by atoms with Crippen LogP contribution in [0.1, 0.15) is 220 Å². The molecule has 0 amide bonds. The maximum Gasteiger partial charge on any atom is 0.864 e. The second-order valence-corrected chi connectivity index (χ2v) is 21.5. The summed E-state index contributed by atoms with van der Waals surface area (Å²) < 4.78 is 82.2. The average Bonchev–Trinajstić information content (AvgIpc) is 3.26. The number of rotatable bonds is 36. The summed E-state index contributed by atoms with van der Waals surface area (Å²) in [5, 5.41) is 0. The van der Waals surface area contributed by atoms with E-state index in [-0.39, 0.29) is 72.2 Å². The Balaban J connectivity index is 2.68. The van der Waals surface area contributed by atoms with E-state index in [2.05, 4.69) is 20.8 Å². The number of hydrogen-bond donors (Lipinski definition) is 0. The number of unbranched alkanes of at least 4 members (excludes halogenated alkanes) is 6. The first kappa shape index (κ1) is 62.6. The Morgan fingerprint density at radius 1 is 0.274 bits per heavy atom. The van der Waals surface area contributed by atoms with Gasteiger partial charge in [-0.05, 0) is 163 Å². The van der Waals surface area contributed by atoms with Crippen molar-refractivity contribution in [3.05, 3.63) is 34.9 Å². The molecule has 12 nitrogen and oxygen atoms in total. The second-order valence-electron chi connectivity index (χ2n) is 21.5. The molecule has 3 aromatic carbocycles. The highest BCUT2D eigenvalue weighted by atomic mass is 16.7. The lowest BCUT2D eigenvalue weighted by Crippen LogP contribution is -2.38. The van der Waals surface area contributed by atoms with Crippen molar-refractivity contribution in [2.75, 3.05) is 0 Å². The average molecular weight is 1020 g/mol. The third-order valence-electron chi connectivity index (χ3n) is 10.8. The summed E-state index contributed by atoms with van der Waals surface area (Å²) in [5.74, 6) is 5.55. The van der Waals surface area contributed by atoms with Crippen molar-refractivity contribution >= 4 is 7.32 Å². The van der Waals surface area contributed by atoms with Crippen LogP contribution in [0, 0.1) is 0 Å². The van der Waals surface area contributed by atoms with Gasteiger partial charge in [-0.3, -0.25) is 0 Å². The fraction of sp³-hybridized carbons (Fsp3) is 0.700. The van der Waals surface area contributed by atoms with Gasteiger partial charge in [0, 0.05) is 34.9 Å². The van der Waals surface area contributed by atoms with Crippen molar-refractivity contribution in [3.8, 4) is 69.0 Å². The smallest absolute Gasteiger partial charge is 0.490 e. The van der Waals surface area contributed by atoms with Crippen LogP contribution >= 0.6 is 0 Å². The second kappa shape index (κ2) is 31.3. The van der Waals surface area contributed by atoms with Gasteiger partial charge in [-0.25, -0.2) is 0 Å². The SMILES string of the molecule is CCCCCc1c(OC(C)C)cc(OB(Oc2cc(OC(C)C)c(CCCCC)c(OC(C)C)c2OC(C)C)Oc2cc(OC(C)C)c(CCCCC)c(OC(C)C)c2OC(C)C)c(OC(C)C)c1OC(C)C. The number of ether oxygens (including phenoxy) is 9. The first-order chi connectivity index (χ1) is 34.5. The molecule has 0 aliphatic carbocycles. The van der Waals surface area contributed by atoms with Crippen LogP contribution in [0.2, 0.25) is 0 Å². The Hall–Kier alpha value is -4.68. The van der Waals surface area contributed by atoms with E-state index in [0.29, 0.717) is 71.0 Å². The van der Waals surface area contributed by atoms with E-state index in [1.54, 1.807) is 0 Å². The van der Waals surface area contributed by atoms with Gasteiger partial charge in [0.05, 0.1) is 54.9 Å². The molecule has 0 aromatic heterocycles. The molecule has 0 heterocycles. The van der Waals surface area contributed by atoms with Crippen LogP contribution < -0.4 is 56.6 Å². The maximum atomic E-state index is 7.20. The van der Waals surface area contributed by atoms with Crippen molar-refractivity contribution in [1.29, 1.82) is 0 Å². The zero-order valence-corrected chi connectivity index (χ0v) is 49.4. The topological polar surface area (TPSA) is 111 Å². The van der Waals surface area contributed by atoms with Crippen molar-refractivity contribution in [3.63, 3.8) is 0 Å². The standard InChI is InChI=1S/C60H99BO12/c1-22-25-28-31-46-49(62-37(4)5)34-52(58(68-43(16)17)55(46)65-40(10)11)71-61(72-53-35-50(63-38(6)7)47(32-29-26-23-2)56(66-41(12)13)59(53)69-44(18)19)73-54-36-51(64-39(8)9)48(33-30-27-24-3)57(67-42(14)15)60(54)70-45(20)21/h34-45H,22-33H2,1-21H3. The Morgan fingerprint density at radius 2 is 0.479 bits per heavy atom. The van der Waals surface area contributed by atoms with Gasteiger partial charge in [0.1, 0.15) is 17.2 Å². The highest BCUT2D eigenvalue weighted by molar-refractivity contribution is 6.40. The van der Waals surface area contributed by atoms with Gasteiger partial charge in [-0.2, -0.15) is 0 Å². The molecule has 0 atom stereocenters. The van der Waals surface area contributed by atoms with Gasteiger partial charge in [-0.15, -0.1) is 0 Å². The maximum absolute atomic E-state index is 7.20. The third-order valence-corrected chi connectivity index (χ3v) is 10.8. The molecule has 3 rings (SSSR count). The fourth-order valence-electron chi connectivity index (χ4n) is 8.11. The minimum atomic E-state index is -1.57. The van der Waals surface area contributed by atoms with E-state index in [1.165, 1.54) is 0 Å². The fourth-order valence-corrected chi connectivity index (χ4v) is 8.11. The molecule has 0 spiro atoms. The van der Waals surface area contributed by atoms with Crippen molar-refractivity contribution < 1.29 is 56.6 Å². The summed E-state index contributed by atoms with van der Waals surface area (Å²) >= 11 is 0. The van der Waals surface area contributed by atoms with Crippen LogP contribution in [0.15, 0.2) is 18.2 Å². The van der Waals surface area contributed by atoms with E-state index in [9.17, 15) is 0 Å². The molecule has 0 bridgehead atoms. The zero-order chi connectivity index (χ0) is 54.5. The van der Waals surface area contributed by atoms with Crippen molar-refractivity contribution in [2.45, 2.75) is 277 Å². The minimum absolute atomic E-state index is 0.166. The lowest BCUT2D eigenvalue weighted by molar-refractivity contribution is 0.177. The Bertz CT molecular complexity index is 1840. The molecule has 0 saturated carbocycles. The highest BCUT2D eigenvalue weighted by Gasteiger charge is 2.40. The number of hydrogen-bond acceptors (Lipinski definition) is 12. The summed E-state index contributed by atoms with van der Waals surface area (Å²) in [6, 6.07) is 5.62. The predicted molar refractivity (Wildman–Crippen MR) is 299 cm³/mol. The molecule has 414 valence electrons. The van der Waals surface area contributed by atoms with Crippen molar-refractivity contribution in [2.24, 2.45) is 0 Å². The zero-order valence-electron chi connectivity index (χ0n) is 49.4. The van der Waals surface area contributed by atoms with Crippen molar-refractivity contribution in [1.82, 2.24) is 0 Å². The van der Waals surface area contributed by atoms with E-state index in [4.69, 9.17) is 56.6 Å². The summed E-state index contributed by atoms with van der Waals surface area (Å²) in [4.78, 5) is 0. The lowest BCUT2D eigenvalue weighted by atomic mass is 10.0. The van der Waals surface area contributed by atoms with E-state index in [1.807, 2.05) is 143 Å². The summed E-state index contributed by atoms with van der Waals surface area (Å²) in [7, 11) is -1.57. The molecule has 0 N–H and O–H groups in total. The summed E-state index contributed by atoms with van der Waals surface area (Å²) in [5.41, 5.74) is 2.73. The Kier molecular flexibility index (Phi) is 26.8. The summed E-state index contributed by atoms with van der Waals surface area (Å²) in [6.45, 7) is 42.6. The van der Waals surface area contributed by atoms with Crippen LogP contribution in [-0.4, -0.2) is 62.3 Å². The monoisotopic (exact) mass is 1020 g/mol. The largest absolute Gasteiger partial charge is 0.864 e. The van der Waals surface area contributed by atoms with E-state index < -0.39 is 7.32 Å². The van der Waals surface area contributed by atoms with Crippen LogP contribution in [0.25, 0.3) is 0 Å². The minimum Gasteiger partial charge on any atom is -0.490 e. The lowest BCUT2D eigenvalue weighted by Gasteiger charge is -2.29. The number of benzene rings is 3.